The first-order chi connectivity index (χ1) is 6.28. The van der Waals surface area contributed by atoms with Crippen LogP contribution in [0.25, 0.3) is 0 Å². The Bertz CT molecular complexity index is 300. The van der Waals surface area contributed by atoms with Gasteiger partial charge in [0, 0.05) is 0 Å². The van der Waals surface area contributed by atoms with E-state index in [9.17, 15) is 0 Å². The Hall–Kier alpha value is -0.820. The minimum Gasteiger partial charge on any atom is -0.330 e. The van der Waals surface area contributed by atoms with Crippen LogP contribution in [0, 0.1) is 6.92 Å². The van der Waals surface area contributed by atoms with Crippen LogP contribution in [0.3, 0.4) is 0 Å². The van der Waals surface area contributed by atoms with Crippen molar-refractivity contribution >= 4 is 0 Å². The summed E-state index contributed by atoms with van der Waals surface area (Å²) in [6, 6.07) is 8.71. The number of hydrogen-bond acceptors (Lipinski definition) is 1. The van der Waals surface area contributed by atoms with Crippen LogP contribution in [0.1, 0.15) is 30.4 Å². The van der Waals surface area contributed by atoms with Crippen LogP contribution in [-0.4, -0.2) is 6.54 Å². The Labute approximate surface area is 80.0 Å². The van der Waals surface area contributed by atoms with Crippen LogP contribution in [0.15, 0.2) is 24.3 Å². The van der Waals surface area contributed by atoms with Crippen LogP contribution in [0.5, 0.6) is 0 Å². The lowest BCUT2D eigenvalue weighted by molar-refractivity contribution is 0.625. The van der Waals surface area contributed by atoms with Gasteiger partial charge in [-0.1, -0.05) is 24.3 Å². The van der Waals surface area contributed by atoms with Gasteiger partial charge in [-0.25, -0.2) is 0 Å². The van der Waals surface area contributed by atoms with E-state index in [1.165, 1.54) is 24.0 Å². The number of rotatable bonds is 3. The minimum absolute atomic E-state index is 0.458. The molecule has 0 heterocycles. The molecule has 1 aromatic rings. The van der Waals surface area contributed by atoms with Crippen molar-refractivity contribution in [2.75, 3.05) is 6.54 Å². The third-order valence-corrected chi connectivity index (χ3v) is 3.19. The second-order valence-electron chi connectivity index (χ2n) is 4.13. The highest BCUT2D eigenvalue weighted by atomic mass is 14.6. The van der Waals surface area contributed by atoms with E-state index in [0.717, 1.165) is 13.0 Å². The lowest BCUT2D eigenvalue weighted by Gasteiger charge is -2.16. The van der Waals surface area contributed by atoms with Crippen LogP contribution < -0.4 is 5.73 Å². The van der Waals surface area contributed by atoms with Gasteiger partial charge in [0.25, 0.3) is 0 Å². The molecule has 0 aliphatic heterocycles. The number of nitrogens with two attached hydrogens (primary N) is 1. The van der Waals surface area contributed by atoms with Gasteiger partial charge in [-0.05, 0) is 49.3 Å². The van der Waals surface area contributed by atoms with E-state index in [0.29, 0.717) is 5.41 Å². The van der Waals surface area contributed by atoms with Crippen molar-refractivity contribution in [2.45, 2.75) is 31.6 Å². The van der Waals surface area contributed by atoms with E-state index in [1.807, 2.05) is 0 Å². The molecular weight excluding hydrogens is 158 g/mol. The molecular formula is C12H17N. The SMILES string of the molecule is Cc1ccccc1C1(CCN)CC1. The zero-order valence-electron chi connectivity index (χ0n) is 8.22. The second-order valence-corrected chi connectivity index (χ2v) is 4.13. The van der Waals surface area contributed by atoms with E-state index in [1.54, 1.807) is 0 Å². The minimum atomic E-state index is 0.458. The highest BCUT2D eigenvalue weighted by Crippen LogP contribution is 2.51. The molecule has 1 aliphatic rings. The Morgan fingerprint density at radius 1 is 1.31 bits per heavy atom. The molecule has 1 saturated carbocycles. The first-order valence-electron chi connectivity index (χ1n) is 5.05. The average molecular weight is 175 g/mol. The van der Waals surface area contributed by atoms with Gasteiger partial charge in [-0.2, -0.15) is 0 Å². The van der Waals surface area contributed by atoms with Crippen molar-refractivity contribution in [1.29, 1.82) is 0 Å². The summed E-state index contributed by atoms with van der Waals surface area (Å²) < 4.78 is 0. The summed E-state index contributed by atoms with van der Waals surface area (Å²) in [7, 11) is 0. The molecule has 0 aromatic heterocycles. The zero-order chi connectivity index (χ0) is 9.31. The normalized spacial score (nSPS) is 18.6. The van der Waals surface area contributed by atoms with Crippen molar-refractivity contribution in [1.82, 2.24) is 0 Å². The first-order valence-corrected chi connectivity index (χ1v) is 5.05. The van der Waals surface area contributed by atoms with Gasteiger partial charge in [0.15, 0.2) is 0 Å². The van der Waals surface area contributed by atoms with E-state index in [4.69, 9.17) is 5.73 Å². The fourth-order valence-electron chi connectivity index (χ4n) is 2.25. The molecule has 0 saturated heterocycles. The summed E-state index contributed by atoms with van der Waals surface area (Å²) >= 11 is 0. The number of aryl methyl sites for hydroxylation is 1. The van der Waals surface area contributed by atoms with E-state index in [2.05, 4.69) is 31.2 Å². The predicted octanol–water partition coefficient (Wildman–Crippen LogP) is 2.38. The second kappa shape index (κ2) is 3.15. The third-order valence-electron chi connectivity index (χ3n) is 3.19. The highest BCUT2D eigenvalue weighted by Gasteiger charge is 2.43. The van der Waals surface area contributed by atoms with Crippen LogP contribution in [0.2, 0.25) is 0 Å². The van der Waals surface area contributed by atoms with Gasteiger partial charge in [0.05, 0.1) is 0 Å². The standard InChI is InChI=1S/C12H17N/c1-10-4-2-3-5-11(10)12(6-7-12)8-9-13/h2-5H,6-9,13H2,1H3. The average Bonchev–Trinajstić information content (AvgIpc) is 2.87. The lowest BCUT2D eigenvalue weighted by atomic mass is 9.89. The Balaban J connectivity index is 2.30. The molecule has 1 nitrogen and oxygen atoms in total. The van der Waals surface area contributed by atoms with Gasteiger partial charge in [-0.3, -0.25) is 0 Å². The van der Waals surface area contributed by atoms with Crippen LogP contribution in [0.4, 0.5) is 0 Å². The molecule has 0 radical (unpaired) electrons. The molecule has 0 unspecified atom stereocenters. The van der Waals surface area contributed by atoms with Gasteiger partial charge < -0.3 is 5.73 Å². The van der Waals surface area contributed by atoms with Crippen molar-refractivity contribution in [2.24, 2.45) is 5.73 Å². The lowest BCUT2D eigenvalue weighted by Crippen LogP contribution is -2.14. The fraction of sp³-hybridized carbons (Fsp3) is 0.500. The van der Waals surface area contributed by atoms with Crippen LogP contribution in [-0.2, 0) is 5.41 Å². The van der Waals surface area contributed by atoms with Gasteiger partial charge in [-0.15, -0.1) is 0 Å². The molecule has 2 N–H and O–H groups in total. The molecule has 70 valence electrons. The predicted molar refractivity (Wildman–Crippen MR) is 55.8 cm³/mol. The topological polar surface area (TPSA) is 26.0 Å². The third kappa shape index (κ3) is 1.49. The monoisotopic (exact) mass is 175 g/mol. The molecule has 0 atom stereocenters. The number of hydrogen-bond donors (Lipinski definition) is 1. The summed E-state index contributed by atoms with van der Waals surface area (Å²) in [4.78, 5) is 0. The van der Waals surface area contributed by atoms with Crippen molar-refractivity contribution in [3.05, 3.63) is 35.4 Å². The first kappa shape index (κ1) is 8.76. The molecule has 1 aromatic carbocycles. The molecule has 0 bridgehead atoms. The zero-order valence-corrected chi connectivity index (χ0v) is 8.22. The Morgan fingerprint density at radius 2 is 2.00 bits per heavy atom. The Morgan fingerprint density at radius 3 is 2.54 bits per heavy atom. The highest BCUT2D eigenvalue weighted by molar-refractivity contribution is 5.37. The molecule has 1 heteroatoms. The maximum Gasteiger partial charge on any atom is -0.00317 e. The summed E-state index contributed by atoms with van der Waals surface area (Å²) in [5, 5.41) is 0. The number of benzene rings is 1. The smallest absolute Gasteiger partial charge is 0.00317 e. The van der Waals surface area contributed by atoms with Crippen LogP contribution >= 0.6 is 0 Å². The van der Waals surface area contributed by atoms with E-state index >= 15 is 0 Å². The largest absolute Gasteiger partial charge is 0.330 e. The summed E-state index contributed by atoms with van der Waals surface area (Å²) in [5.74, 6) is 0. The summed E-state index contributed by atoms with van der Waals surface area (Å²) in [5.41, 5.74) is 9.05. The summed E-state index contributed by atoms with van der Waals surface area (Å²) in [6.45, 7) is 3.01. The molecule has 1 aliphatic carbocycles. The van der Waals surface area contributed by atoms with Crippen molar-refractivity contribution < 1.29 is 0 Å². The summed E-state index contributed by atoms with van der Waals surface area (Å²) in [6.07, 6.45) is 3.81. The maximum atomic E-state index is 5.64. The fourth-order valence-corrected chi connectivity index (χ4v) is 2.25. The quantitative estimate of drug-likeness (QED) is 0.750. The molecule has 13 heavy (non-hydrogen) atoms. The molecule has 2 rings (SSSR count). The van der Waals surface area contributed by atoms with Crippen molar-refractivity contribution in [3.8, 4) is 0 Å². The van der Waals surface area contributed by atoms with Gasteiger partial charge in [0.2, 0.25) is 0 Å². The molecule has 1 fully saturated rings. The van der Waals surface area contributed by atoms with Crippen molar-refractivity contribution in [3.63, 3.8) is 0 Å². The van der Waals surface area contributed by atoms with E-state index < -0.39 is 0 Å². The van der Waals surface area contributed by atoms with E-state index in [-0.39, 0.29) is 0 Å². The Kier molecular flexibility index (Phi) is 2.12. The maximum absolute atomic E-state index is 5.64. The van der Waals surface area contributed by atoms with Gasteiger partial charge in [0.1, 0.15) is 0 Å². The van der Waals surface area contributed by atoms with Gasteiger partial charge >= 0.3 is 0 Å². The molecule has 0 spiro atoms. The molecule has 0 amide bonds.